The summed E-state index contributed by atoms with van der Waals surface area (Å²) in [6.45, 7) is 1.42. The Morgan fingerprint density at radius 2 is 1.51 bits per heavy atom. The maximum absolute atomic E-state index is 12.8. The molecule has 0 aliphatic heterocycles. The van der Waals surface area contributed by atoms with E-state index in [1.54, 1.807) is 31.2 Å². The molecule has 4 aromatic carbocycles. The Hall–Kier alpha value is -3.85. The highest BCUT2D eigenvalue weighted by Crippen LogP contribution is 2.30. The number of amides is 1. The van der Waals surface area contributed by atoms with Crippen molar-refractivity contribution >= 4 is 33.2 Å². The van der Waals surface area contributed by atoms with Gasteiger partial charge in [-0.05, 0) is 55.0 Å². The summed E-state index contributed by atoms with van der Waals surface area (Å²) in [6.07, 6.45) is 0. The fraction of sp³-hybridized carbons (Fsp3) is 0.107. The van der Waals surface area contributed by atoms with E-state index >= 15 is 0 Å². The first-order valence-electron chi connectivity index (χ1n) is 11.4. The minimum atomic E-state index is -3.83. The van der Waals surface area contributed by atoms with Crippen LogP contribution in [0.3, 0.4) is 0 Å². The number of para-hydroxylation sites is 3. The molecule has 4 aromatic rings. The van der Waals surface area contributed by atoms with Crippen LogP contribution in [0.15, 0.2) is 108 Å². The molecular weight excluding hydrogens is 512 g/mol. The van der Waals surface area contributed by atoms with Crippen LogP contribution in [0.1, 0.15) is 18.5 Å². The highest BCUT2D eigenvalue weighted by molar-refractivity contribution is 7.89. The monoisotopic (exact) mass is 536 g/mol. The average molecular weight is 537 g/mol. The Labute approximate surface area is 221 Å². The molecule has 7 nitrogen and oxygen atoms in total. The van der Waals surface area contributed by atoms with E-state index in [9.17, 15) is 13.2 Å². The molecule has 0 spiro atoms. The molecule has 0 unspecified atom stereocenters. The third kappa shape index (κ3) is 7.10. The maximum atomic E-state index is 12.8. The van der Waals surface area contributed by atoms with Crippen molar-refractivity contribution in [3.8, 4) is 17.2 Å². The second-order valence-electron chi connectivity index (χ2n) is 8.09. The van der Waals surface area contributed by atoms with Gasteiger partial charge in [-0.25, -0.2) is 13.1 Å². The molecule has 1 amide bonds. The molecule has 0 radical (unpaired) electrons. The van der Waals surface area contributed by atoms with Crippen molar-refractivity contribution in [2.75, 3.05) is 11.9 Å². The number of halogens is 1. The number of sulfonamides is 1. The summed E-state index contributed by atoms with van der Waals surface area (Å²) in [5.41, 5.74) is 1.31. The van der Waals surface area contributed by atoms with Gasteiger partial charge in [0.2, 0.25) is 10.0 Å². The van der Waals surface area contributed by atoms with Crippen LogP contribution in [0.5, 0.6) is 17.2 Å². The lowest BCUT2D eigenvalue weighted by atomic mass is 10.1. The summed E-state index contributed by atoms with van der Waals surface area (Å²) < 4.78 is 39.7. The first-order chi connectivity index (χ1) is 17.8. The number of hydrogen-bond acceptors (Lipinski definition) is 5. The fourth-order valence-corrected chi connectivity index (χ4v) is 5.04. The van der Waals surface area contributed by atoms with E-state index in [2.05, 4.69) is 10.0 Å². The number of ether oxygens (including phenoxy) is 2. The van der Waals surface area contributed by atoms with Crippen LogP contribution in [0.4, 0.5) is 5.69 Å². The Balaban J connectivity index is 1.37. The van der Waals surface area contributed by atoms with Crippen molar-refractivity contribution in [1.82, 2.24) is 4.72 Å². The third-order valence-corrected chi connectivity index (χ3v) is 7.17. The van der Waals surface area contributed by atoms with E-state index in [0.717, 1.165) is 5.56 Å². The summed E-state index contributed by atoms with van der Waals surface area (Å²) in [4.78, 5) is 12.5. The molecular formula is C28H25ClN2O5S. The topological polar surface area (TPSA) is 93.7 Å². The van der Waals surface area contributed by atoms with E-state index in [1.165, 1.54) is 18.2 Å². The van der Waals surface area contributed by atoms with Gasteiger partial charge in [0.1, 0.15) is 11.5 Å². The maximum Gasteiger partial charge on any atom is 0.262 e. The first kappa shape index (κ1) is 26.2. The van der Waals surface area contributed by atoms with Crippen LogP contribution < -0.4 is 19.5 Å². The van der Waals surface area contributed by atoms with Gasteiger partial charge in [0.15, 0.2) is 12.4 Å². The van der Waals surface area contributed by atoms with Crippen LogP contribution in [-0.4, -0.2) is 20.9 Å². The zero-order valence-electron chi connectivity index (χ0n) is 19.9. The zero-order chi connectivity index (χ0) is 26.3. The zero-order valence-corrected chi connectivity index (χ0v) is 21.5. The van der Waals surface area contributed by atoms with Crippen LogP contribution in [0, 0.1) is 0 Å². The smallest absolute Gasteiger partial charge is 0.262 e. The summed E-state index contributed by atoms with van der Waals surface area (Å²) in [6, 6.07) is 29.1. The number of nitrogens with one attached hydrogen (secondary N) is 2. The Morgan fingerprint density at radius 1 is 0.865 bits per heavy atom. The van der Waals surface area contributed by atoms with Crippen LogP contribution >= 0.6 is 11.6 Å². The number of benzene rings is 4. The predicted molar refractivity (Wildman–Crippen MR) is 144 cm³/mol. The molecule has 2 N–H and O–H groups in total. The summed E-state index contributed by atoms with van der Waals surface area (Å²) in [5.74, 6) is 0.859. The number of carbonyl (C=O) groups excluding carboxylic acids is 1. The Bertz CT molecular complexity index is 1460. The molecule has 0 saturated carbocycles. The predicted octanol–water partition coefficient (Wildman–Crippen LogP) is 6.19. The number of hydrogen-bond donors (Lipinski definition) is 2. The van der Waals surface area contributed by atoms with Crippen LogP contribution in [-0.2, 0) is 14.8 Å². The molecule has 0 heterocycles. The molecule has 0 aromatic heterocycles. The summed E-state index contributed by atoms with van der Waals surface area (Å²) in [7, 11) is -3.83. The van der Waals surface area contributed by atoms with Gasteiger partial charge in [-0.1, -0.05) is 72.3 Å². The molecule has 0 bridgehead atoms. The molecule has 1 atom stereocenters. The SMILES string of the molecule is C[C@H](NS(=O)(=O)c1ccc(OCC(=O)Nc2ccccc2Oc2ccccc2)c(Cl)c1)c1ccccc1. The van der Waals surface area contributed by atoms with E-state index in [4.69, 9.17) is 21.1 Å². The Kier molecular flexibility index (Phi) is 8.45. The highest BCUT2D eigenvalue weighted by Gasteiger charge is 2.20. The van der Waals surface area contributed by atoms with Crippen molar-refractivity contribution in [1.29, 1.82) is 0 Å². The van der Waals surface area contributed by atoms with Gasteiger partial charge < -0.3 is 14.8 Å². The van der Waals surface area contributed by atoms with Gasteiger partial charge >= 0.3 is 0 Å². The lowest BCUT2D eigenvalue weighted by Gasteiger charge is -2.16. The van der Waals surface area contributed by atoms with Crippen LogP contribution in [0.25, 0.3) is 0 Å². The largest absolute Gasteiger partial charge is 0.482 e. The van der Waals surface area contributed by atoms with Crippen molar-refractivity contribution in [3.05, 3.63) is 114 Å². The van der Waals surface area contributed by atoms with Gasteiger partial charge in [-0.15, -0.1) is 0 Å². The van der Waals surface area contributed by atoms with Crippen molar-refractivity contribution in [2.45, 2.75) is 17.9 Å². The molecule has 4 rings (SSSR count). The molecule has 0 aliphatic carbocycles. The summed E-state index contributed by atoms with van der Waals surface area (Å²) in [5, 5.41) is 2.82. The van der Waals surface area contributed by atoms with E-state index in [1.807, 2.05) is 60.7 Å². The molecule has 190 valence electrons. The van der Waals surface area contributed by atoms with Crippen molar-refractivity contribution < 1.29 is 22.7 Å². The molecule has 0 fully saturated rings. The molecule has 0 saturated heterocycles. The third-order valence-electron chi connectivity index (χ3n) is 5.34. The second kappa shape index (κ2) is 11.9. The number of carbonyl (C=O) groups is 1. The molecule has 9 heteroatoms. The fourth-order valence-electron chi connectivity index (χ4n) is 3.48. The minimum absolute atomic E-state index is 0.0101. The standard InChI is InChI=1S/C28H25ClN2O5S/c1-20(21-10-4-2-5-11-21)31-37(33,34)23-16-17-26(24(29)18-23)35-19-28(32)30-25-14-8-9-15-27(25)36-22-12-6-3-7-13-22/h2-18,20,31H,19H2,1H3,(H,30,32)/t20-/m0/s1. The van der Waals surface area contributed by atoms with E-state index in [-0.39, 0.29) is 22.3 Å². The minimum Gasteiger partial charge on any atom is -0.482 e. The van der Waals surface area contributed by atoms with Crippen molar-refractivity contribution in [2.24, 2.45) is 0 Å². The van der Waals surface area contributed by atoms with Gasteiger partial charge in [0.25, 0.3) is 5.91 Å². The first-order valence-corrected chi connectivity index (χ1v) is 13.3. The second-order valence-corrected chi connectivity index (χ2v) is 10.2. The van der Waals surface area contributed by atoms with Gasteiger partial charge in [0, 0.05) is 6.04 Å². The number of rotatable bonds is 10. The number of anilines is 1. The van der Waals surface area contributed by atoms with Crippen LogP contribution in [0.2, 0.25) is 5.02 Å². The molecule has 37 heavy (non-hydrogen) atoms. The van der Waals surface area contributed by atoms with Gasteiger partial charge in [0.05, 0.1) is 15.6 Å². The average Bonchev–Trinajstić information content (AvgIpc) is 2.90. The van der Waals surface area contributed by atoms with E-state index < -0.39 is 22.0 Å². The van der Waals surface area contributed by atoms with Crippen molar-refractivity contribution in [3.63, 3.8) is 0 Å². The lowest BCUT2D eigenvalue weighted by Crippen LogP contribution is -2.27. The normalized spacial score (nSPS) is 11.9. The lowest BCUT2D eigenvalue weighted by molar-refractivity contribution is -0.118. The van der Waals surface area contributed by atoms with Gasteiger partial charge in [-0.2, -0.15) is 0 Å². The van der Waals surface area contributed by atoms with Gasteiger partial charge in [-0.3, -0.25) is 4.79 Å². The quantitative estimate of drug-likeness (QED) is 0.252. The van der Waals surface area contributed by atoms with E-state index in [0.29, 0.717) is 17.2 Å². The highest BCUT2D eigenvalue weighted by atomic mass is 35.5. The molecule has 0 aliphatic rings. The summed E-state index contributed by atoms with van der Waals surface area (Å²) >= 11 is 6.28. The Morgan fingerprint density at radius 3 is 2.22 bits per heavy atom.